The van der Waals surface area contributed by atoms with Crippen LogP contribution in [0.3, 0.4) is 0 Å². The molecule has 2 aromatic rings. The largest absolute Gasteiger partial charge is 0.872 e. The molecule has 1 unspecified atom stereocenters. The maximum Gasteiger partial charge on any atom is 0.295 e. The lowest BCUT2D eigenvalue weighted by molar-refractivity contribution is -0.908. The van der Waals surface area contributed by atoms with Gasteiger partial charge in [0.2, 0.25) is 5.78 Å². The third-order valence-corrected chi connectivity index (χ3v) is 6.36. The van der Waals surface area contributed by atoms with E-state index in [0.717, 1.165) is 31.8 Å². The second-order valence-corrected chi connectivity index (χ2v) is 8.61. The van der Waals surface area contributed by atoms with Gasteiger partial charge in [0.25, 0.3) is 5.91 Å². The highest BCUT2D eigenvalue weighted by atomic mass is 19.1. The van der Waals surface area contributed by atoms with Crippen LogP contribution in [-0.2, 0) is 14.3 Å². The average Bonchev–Trinajstić information content (AvgIpc) is 3.11. The molecule has 2 aliphatic rings. The van der Waals surface area contributed by atoms with Gasteiger partial charge in [-0.25, -0.2) is 4.39 Å². The zero-order valence-corrected chi connectivity index (χ0v) is 19.6. The van der Waals surface area contributed by atoms with Crippen LogP contribution in [0.5, 0.6) is 11.5 Å². The van der Waals surface area contributed by atoms with Gasteiger partial charge in [-0.1, -0.05) is 24.0 Å². The Morgan fingerprint density at radius 3 is 2.60 bits per heavy atom. The molecule has 0 spiro atoms. The molecule has 35 heavy (non-hydrogen) atoms. The number of morpholine rings is 1. The van der Waals surface area contributed by atoms with E-state index in [-0.39, 0.29) is 29.2 Å². The summed E-state index contributed by atoms with van der Waals surface area (Å²) in [6, 6.07) is 8.48. The number of quaternary nitrogens is 1. The molecule has 186 valence electrons. The number of nitrogens with zero attached hydrogens (tertiary/aromatic N) is 1. The Bertz CT molecular complexity index is 1110. The summed E-state index contributed by atoms with van der Waals surface area (Å²) in [6.07, 6.45) is 0.638. The van der Waals surface area contributed by atoms with Crippen molar-refractivity contribution in [1.82, 2.24) is 4.90 Å². The summed E-state index contributed by atoms with van der Waals surface area (Å²) >= 11 is 0. The maximum atomic E-state index is 13.4. The van der Waals surface area contributed by atoms with E-state index < -0.39 is 29.3 Å². The van der Waals surface area contributed by atoms with E-state index in [1.165, 1.54) is 28.0 Å². The molecule has 9 heteroatoms. The predicted molar refractivity (Wildman–Crippen MR) is 123 cm³/mol. The van der Waals surface area contributed by atoms with Gasteiger partial charge in [-0.05, 0) is 42.3 Å². The van der Waals surface area contributed by atoms with Gasteiger partial charge in [0.05, 0.1) is 32.4 Å². The van der Waals surface area contributed by atoms with E-state index >= 15 is 0 Å². The van der Waals surface area contributed by atoms with Gasteiger partial charge in [0.1, 0.15) is 18.9 Å². The molecule has 2 N–H and O–H groups in total. The number of rotatable bonds is 8. The first-order chi connectivity index (χ1) is 16.9. The third kappa shape index (κ3) is 5.31. The summed E-state index contributed by atoms with van der Waals surface area (Å²) in [5.74, 6) is -2.63. The Morgan fingerprint density at radius 2 is 1.91 bits per heavy atom. The summed E-state index contributed by atoms with van der Waals surface area (Å²) in [6.45, 7) is 6.30. The number of hydrogen-bond acceptors (Lipinski definition) is 6. The van der Waals surface area contributed by atoms with Crippen molar-refractivity contribution in [3.8, 4) is 11.5 Å². The molecule has 0 radical (unpaired) electrons. The van der Waals surface area contributed by atoms with Gasteiger partial charge in [-0.15, -0.1) is 0 Å². The van der Waals surface area contributed by atoms with Crippen molar-refractivity contribution < 1.29 is 38.6 Å². The SMILES string of the molecule is CCOc1cc(C2C(=C([O-])c3ccc(F)cc3)C(=O)C(=O)N2CCC[NH+]2CCOCC2)ccc1O. The first kappa shape index (κ1) is 24.7. The fourth-order valence-electron chi connectivity index (χ4n) is 4.59. The van der Waals surface area contributed by atoms with Gasteiger partial charge in [0.15, 0.2) is 11.5 Å². The molecule has 2 saturated heterocycles. The topological polar surface area (TPSA) is 104 Å². The minimum atomic E-state index is -0.938. The molecule has 2 aromatic carbocycles. The summed E-state index contributed by atoms with van der Waals surface area (Å²) in [5, 5.41) is 23.5. The van der Waals surface area contributed by atoms with E-state index in [1.54, 1.807) is 19.1 Å². The van der Waals surface area contributed by atoms with Crippen LogP contribution in [0.4, 0.5) is 4.39 Å². The quantitative estimate of drug-likeness (QED) is 0.321. The van der Waals surface area contributed by atoms with Gasteiger partial charge in [-0.2, -0.15) is 0 Å². The highest BCUT2D eigenvalue weighted by Crippen LogP contribution is 2.41. The smallest absolute Gasteiger partial charge is 0.295 e. The van der Waals surface area contributed by atoms with Gasteiger partial charge in [0, 0.05) is 18.5 Å². The highest BCUT2D eigenvalue weighted by Gasteiger charge is 2.44. The van der Waals surface area contributed by atoms with Crippen molar-refractivity contribution in [3.63, 3.8) is 0 Å². The predicted octanol–water partition coefficient (Wildman–Crippen LogP) is 0.459. The Hall–Kier alpha value is -3.43. The number of carbonyl (C=O) groups excluding carboxylic acids is 2. The molecule has 0 saturated carbocycles. The zero-order chi connectivity index (χ0) is 24.9. The van der Waals surface area contributed by atoms with Gasteiger partial charge in [-0.3, -0.25) is 9.59 Å². The molecular formula is C26H29FN2O6. The minimum Gasteiger partial charge on any atom is -0.872 e. The summed E-state index contributed by atoms with van der Waals surface area (Å²) in [5.41, 5.74) is 0.416. The molecule has 0 aliphatic carbocycles. The Balaban J connectivity index is 1.71. The number of ether oxygens (including phenoxy) is 2. The van der Waals surface area contributed by atoms with Crippen LogP contribution < -0.4 is 14.7 Å². The van der Waals surface area contributed by atoms with Crippen molar-refractivity contribution in [3.05, 3.63) is 65.0 Å². The number of Topliss-reactive ketones (excluding diaryl/α,β-unsaturated/α-hetero) is 1. The van der Waals surface area contributed by atoms with Crippen LogP contribution in [0, 0.1) is 5.82 Å². The van der Waals surface area contributed by atoms with Gasteiger partial charge >= 0.3 is 0 Å². The maximum absolute atomic E-state index is 13.4. The molecule has 4 rings (SSSR count). The normalized spacial score (nSPS) is 20.4. The lowest BCUT2D eigenvalue weighted by Gasteiger charge is -2.29. The Morgan fingerprint density at radius 1 is 1.20 bits per heavy atom. The van der Waals surface area contributed by atoms with Crippen LogP contribution in [0.15, 0.2) is 48.0 Å². The van der Waals surface area contributed by atoms with Crippen LogP contribution in [0.2, 0.25) is 0 Å². The van der Waals surface area contributed by atoms with Crippen molar-refractivity contribution in [2.75, 3.05) is 46.0 Å². The number of nitrogens with one attached hydrogen (secondary N) is 1. The number of ketones is 1. The minimum absolute atomic E-state index is 0.0832. The standard InChI is InChI=1S/C26H29FN2O6/c1-2-35-21-16-18(6-9-20(21)30)23-22(24(31)17-4-7-19(27)8-5-17)25(32)26(33)29(23)11-3-10-28-12-14-34-15-13-28/h4-9,16,23,30-31H,2-3,10-15H2,1H3. The number of hydrogen-bond donors (Lipinski definition) is 2. The molecule has 0 bridgehead atoms. The monoisotopic (exact) mass is 484 g/mol. The number of phenolic OH excluding ortho intramolecular Hbond substituents is 1. The van der Waals surface area contributed by atoms with Crippen molar-refractivity contribution in [2.24, 2.45) is 0 Å². The molecule has 2 heterocycles. The molecule has 1 amide bonds. The highest BCUT2D eigenvalue weighted by molar-refractivity contribution is 6.46. The van der Waals surface area contributed by atoms with E-state index in [2.05, 4.69) is 0 Å². The second kappa shape index (κ2) is 10.9. The van der Waals surface area contributed by atoms with Crippen LogP contribution in [-0.4, -0.2) is 67.7 Å². The van der Waals surface area contributed by atoms with E-state index in [0.29, 0.717) is 31.8 Å². The van der Waals surface area contributed by atoms with Crippen molar-refractivity contribution in [1.29, 1.82) is 0 Å². The van der Waals surface area contributed by atoms with E-state index in [9.17, 15) is 24.2 Å². The molecule has 2 aliphatic heterocycles. The van der Waals surface area contributed by atoms with Crippen LogP contribution in [0.1, 0.15) is 30.5 Å². The van der Waals surface area contributed by atoms with Crippen LogP contribution in [0.25, 0.3) is 5.76 Å². The number of amides is 1. The lowest BCUT2D eigenvalue weighted by atomic mass is 9.95. The van der Waals surface area contributed by atoms with E-state index in [4.69, 9.17) is 9.47 Å². The van der Waals surface area contributed by atoms with Gasteiger partial charge < -0.3 is 29.5 Å². The number of halogens is 1. The molecule has 0 aromatic heterocycles. The second-order valence-electron chi connectivity index (χ2n) is 8.61. The summed E-state index contributed by atoms with van der Waals surface area (Å²) in [4.78, 5) is 29.0. The number of benzene rings is 2. The molecular weight excluding hydrogens is 455 g/mol. The van der Waals surface area contributed by atoms with Crippen molar-refractivity contribution >= 4 is 17.4 Å². The molecule has 2 fully saturated rings. The third-order valence-electron chi connectivity index (χ3n) is 6.36. The Kier molecular flexibility index (Phi) is 7.67. The van der Waals surface area contributed by atoms with Crippen molar-refractivity contribution in [2.45, 2.75) is 19.4 Å². The first-order valence-corrected chi connectivity index (χ1v) is 11.8. The summed E-state index contributed by atoms with van der Waals surface area (Å²) in [7, 11) is 0. The molecule has 1 atom stereocenters. The molecule has 8 nitrogen and oxygen atoms in total. The number of phenols is 1. The number of likely N-dealkylation sites (tertiary alicyclic amines) is 1. The summed E-state index contributed by atoms with van der Waals surface area (Å²) < 4.78 is 24.3. The number of carbonyl (C=O) groups is 2. The van der Waals surface area contributed by atoms with E-state index in [1.807, 2.05) is 0 Å². The number of aromatic hydroxyl groups is 1. The fourth-order valence-corrected chi connectivity index (χ4v) is 4.59. The first-order valence-electron chi connectivity index (χ1n) is 11.8. The van der Waals surface area contributed by atoms with Crippen LogP contribution >= 0.6 is 0 Å². The zero-order valence-electron chi connectivity index (χ0n) is 19.6. The lowest BCUT2D eigenvalue weighted by Crippen LogP contribution is -3.14. The average molecular weight is 485 g/mol. The Labute approximate surface area is 203 Å². The fraction of sp³-hybridized carbons (Fsp3) is 0.385.